The van der Waals surface area contributed by atoms with E-state index < -0.39 is 5.91 Å². The molecule has 22 heavy (non-hydrogen) atoms. The van der Waals surface area contributed by atoms with Crippen molar-refractivity contribution in [3.8, 4) is 11.5 Å². The number of nitrogens with one attached hydrogen (secondary N) is 1. The predicted molar refractivity (Wildman–Crippen MR) is 85.9 cm³/mol. The van der Waals surface area contributed by atoms with Gasteiger partial charge in [0.1, 0.15) is 5.75 Å². The zero-order chi connectivity index (χ0) is 16.1. The molecular formula is C15H12Cl2N2O3. The Morgan fingerprint density at radius 2 is 1.86 bits per heavy atom. The highest BCUT2D eigenvalue weighted by molar-refractivity contribution is 6.37. The third kappa shape index (κ3) is 4.13. The zero-order valence-corrected chi connectivity index (χ0v) is 12.8. The maximum Gasteiger partial charge on any atom is 0.271 e. The number of hydrogen-bond acceptors (Lipinski definition) is 4. The van der Waals surface area contributed by atoms with Gasteiger partial charge in [0.15, 0.2) is 5.75 Å². The van der Waals surface area contributed by atoms with Gasteiger partial charge in [-0.1, -0.05) is 35.3 Å². The Labute approximate surface area is 136 Å². The van der Waals surface area contributed by atoms with E-state index in [4.69, 9.17) is 23.2 Å². The lowest BCUT2D eigenvalue weighted by Gasteiger charge is -2.04. The van der Waals surface area contributed by atoms with Crippen LogP contribution in [-0.4, -0.2) is 22.3 Å². The van der Waals surface area contributed by atoms with Gasteiger partial charge in [-0.3, -0.25) is 4.79 Å². The Bertz CT molecular complexity index is 709. The lowest BCUT2D eigenvalue weighted by molar-refractivity contribution is 0.0955. The molecule has 0 atom stereocenters. The number of carbonyl (C=O) groups is 1. The molecule has 0 radical (unpaired) electrons. The van der Waals surface area contributed by atoms with Gasteiger partial charge < -0.3 is 10.2 Å². The van der Waals surface area contributed by atoms with Gasteiger partial charge in [0.2, 0.25) is 0 Å². The summed E-state index contributed by atoms with van der Waals surface area (Å²) in [5, 5.41) is 22.5. The van der Waals surface area contributed by atoms with Crippen LogP contribution in [0.4, 0.5) is 0 Å². The predicted octanol–water partition coefficient (Wildman–Crippen LogP) is 3.36. The maximum atomic E-state index is 11.9. The van der Waals surface area contributed by atoms with Crippen LogP contribution in [0.15, 0.2) is 41.5 Å². The lowest BCUT2D eigenvalue weighted by Crippen LogP contribution is -2.17. The number of hydrogen-bond donors (Lipinski definition) is 3. The van der Waals surface area contributed by atoms with Crippen LogP contribution in [0.3, 0.4) is 0 Å². The highest BCUT2D eigenvalue weighted by atomic mass is 35.5. The lowest BCUT2D eigenvalue weighted by atomic mass is 10.1. The van der Waals surface area contributed by atoms with E-state index in [0.29, 0.717) is 6.42 Å². The summed E-state index contributed by atoms with van der Waals surface area (Å²) in [6.45, 7) is 0. The second-order valence-corrected chi connectivity index (χ2v) is 5.23. The molecule has 2 aromatic rings. The number of amides is 1. The van der Waals surface area contributed by atoms with Crippen molar-refractivity contribution in [1.29, 1.82) is 0 Å². The Kier molecular flexibility index (Phi) is 5.25. The van der Waals surface area contributed by atoms with Crippen molar-refractivity contribution in [2.75, 3.05) is 0 Å². The number of phenolic OH excluding ortho intramolecular Hbond substituents is 2. The standard InChI is InChI=1S/C15H12Cl2N2O3/c16-12-7-10(8-13(17)14(12)21)15(22)19-18-5-4-9-2-1-3-11(20)6-9/h1-3,5-8,20-21H,4H2,(H,19,22)/b18-5+. The average Bonchev–Trinajstić information content (AvgIpc) is 2.48. The molecule has 0 saturated heterocycles. The molecular weight excluding hydrogens is 327 g/mol. The summed E-state index contributed by atoms with van der Waals surface area (Å²) in [6.07, 6.45) is 1.95. The first kappa shape index (κ1) is 16.1. The number of carbonyl (C=O) groups excluding carboxylic acids is 1. The van der Waals surface area contributed by atoms with Crippen LogP contribution in [0, 0.1) is 0 Å². The summed E-state index contributed by atoms with van der Waals surface area (Å²) in [5.74, 6) is -0.605. The molecule has 0 aromatic heterocycles. The summed E-state index contributed by atoms with van der Waals surface area (Å²) < 4.78 is 0. The molecule has 114 valence electrons. The van der Waals surface area contributed by atoms with Gasteiger partial charge in [0, 0.05) is 18.2 Å². The molecule has 0 heterocycles. The minimum atomic E-state index is -0.504. The summed E-state index contributed by atoms with van der Waals surface area (Å²) in [4.78, 5) is 11.9. The number of phenols is 2. The largest absolute Gasteiger partial charge is 0.508 e. The van der Waals surface area contributed by atoms with Gasteiger partial charge in [0.25, 0.3) is 5.91 Å². The molecule has 5 nitrogen and oxygen atoms in total. The SMILES string of the molecule is O=C(N/N=C/Cc1cccc(O)c1)c1cc(Cl)c(O)c(Cl)c1. The van der Waals surface area contributed by atoms with E-state index in [0.717, 1.165) is 5.56 Å². The fourth-order valence-electron chi connectivity index (χ4n) is 1.70. The van der Waals surface area contributed by atoms with Crippen molar-refractivity contribution < 1.29 is 15.0 Å². The Hall–Kier alpha value is -2.24. The topological polar surface area (TPSA) is 81.9 Å². The molecule has 3 N–H and O–H groups in total. The number of hydrazone groups is 1. The van der Waals surface area contributed by atoms with Crippen LogP contribution in [-0.2, 0) is 6.42 Å². The van der Waals surface area contributed by atoms with Crippen molar-refractivity contribution in [1.82, 2.24) is 5.43 Å². The van der Waals surface area contributed by atoms with Gasteiger partial charge in [0.05, 0.1) is 10.0 Å². The van der Waals surface area contributed by atoms with Crippen molar-refractivity contribution in [2.24, 2.45) is 5.10 Å². The maximum absolute atomic E-state index is 11.9. The van der Waals surface area contributed by atoms with E-state index in [1.807, 2.05) is 6.07 Å². The molecule has 0 aliphatic heterocycles. The van der Waals surface area contributed by atoms with Crippen LogP contribution in [0.2, 0.25) is 10.0 Å². The van der Waals surface area contributed by atoms with Crippen LogP contribution < -0.4 is 5.43 Å². The summed E-state index contributed by atoms with van der Waals surface area (Å²) in [6, 6.07) is 9.31. The fraction of sp³-hybridized carbons (Fsp3) is 0.0667. The number of rotatable bonds is 4. The molecule has 2 aromatic carbocycles. The van der Waals surface area contributed by atoms with Gasteiger partial charge in [-0.25, -0.2) is 5.43 Å². The van der Waals surface area contributed by atoms with E-state index in [9.17, 15) is 15.0 Å². The average molecular weight is 339 g/mol. The van der Waals surface area contributed by atoms with Gasteiger partial charge in [-0.15, -0.1) is 0 Å². The second-order valence-electron chi connectivity index (χ2n) is 4.42. The normalized spacial score (nSPS) is 10.8. The molecule has 2 rings (SSSR count). The minimum absolute atomic E-state index is 0.0126. The van der Waals surface area contributed by atoms with Crippen molar-refractivity contribution >= 4 is 35.3 Å². The number of halogens is 2. The van der Waals surface area contributed by atoms with Crippen LogP contribution in [0.5, 0.6) is 11.5 Å². The molecule has 1 amide bonds. The van der Waals surface area contributed by atoms with E-state index in [2.05, 4.69) is 10.5 Å². The van der Waals surface area contributed by atoms with Crippen molar-refractivity contribution in [2.45, 2.75) is 6.42 Å². The highest BCUT2D eigenvalue weighted by Gasteiger charge is 2.11. The first-order valence-electron chi connectivity index (χ1n) is 6.25. The Balaban J connectivity index is 1.96. The van der Waals surface area contributed by atoms with Gasteiger partial charge in [-0.05, 0) is 29.8 Å². The molecule has 0 aliphatic carbocycles. The Morgan fingerprint density at radius 3 is 2.50 bits per heavy atom. The molecule has 0 bridgehead atoms. The van der Waals surface area contributed by atoms with Crippen molar-refractivity contribution in [3.05, 3.63) is 57.6 Å². The first-order chi connectivity index (χ1) is 10.5. The summed E-state index contributed by atoms with van der Waals surface area (Å²) in [7, 11) is 0. The molecule has 0 spiro atoms. The number of aromatic hydroxyl groups is 2. The number of benzene rings is 2. The van der Waals surface area contributed by atoms with Crippen LogP contribution in [0.25, 0.3) is 0 Å². The summed E-state index contributed by atoms with van der Waals surface area (Å²) >= 11 is 11.5. The van der Waals surface area contributed by atoms with Crippen LogP contribution >= 0.6 is 23.2 Å². The molecule has 0 saturated carbocycles. The van der Waals surface area contributed by atoms with E-state index in [-0.39, 0.29) is 27.1 Å². The van der Waals surface area contributed by atoms with Crippen molar-refractivity contribution in [3.63, 3.8) is 0 Å². The Morgan fingerprint density at radius 1 is 1.18 bits per heavy atom. The van der Waals surface area contributed by atoms with E-state index in [1.54, 1.807) is 18.2 Å². The number of nitrogens with zero attached hydrogens (tertiary/aromatic N) is 1. The highest BCUT2D eigenvalue weighted by Crippen LogP contribution is 2.32. The second kappa shape index (κ2) is 7.15. The minimum Gasteiger partial charge on any atom is -0.508 e. The molecule has 0 aliphatic rings. The molecule has 0 unspecified atom stereocenters. The monoisotopic (exact) mass is 338 g/mol. The third-order valence-corrected chi connectivity index (χ3v) is 3.35. The van der Waals surface area contributed by atoms with E-state index >= 15 is 0 Å². The first-order valence-corrected chi connectivity index (χ1v) is 7.00. The molecule has 7 heteroatoms. The molecule has 0 fully saturated rings. The third-order valence-electron chi connectivity index (χ3n) is 2.77. The summed E-state index contributed by atoms with van der Waals surface area (Å²) in [5.41, 5.74) is 3.36. The van der Waals surface area contributed by atoms with Gasteiger partial charge in [-0.2, -0.15) is 5.10 Å². The zero-order valence-electron chi connectivity index (χ0n) is 11.3. The van der Waals surface area contributed by atoms with Gasteiger partial charge >= 0.3 is 0 Å². The smallest absolute Gasteiger partial charge is 0.271 e. The van der Waals surface area contributed by atoms with Crippen LogP contribution in [0.1, 0.15) is 15.9 Å². The van der Waals surface area contributed by atoms with E-state index in [1.165, 1.54) is 18.3 Å². The fourth-order valence-corrected chi connectivity index (χ4v) is 2.19. The quantitative estimate of drug-likeness (QED) is 0.590.